The van der Waals surface area contributed by atoms with Gasteiger partial charge in [-0.3, -0.25) is 0 Å². The molecule has 0 aliphatic carbocycles. The quantitative estimate of drug-likeness (QED) is 0.0375. The van der Waals surface area contributed by atoms with E-state index < -0.39 is 0 Å². The first-order valence-electron chi connectivity index (χ1n) is 29.8. The number of nitrogens with zero attached hydrogens (tertiary/aromatic N) is 2. The first kappa shape index (κ1) is 56.5. The molecule has 4 aromatic rings. The Labute approximate surface area is 436 Å². The van der Waals surface area contributed by atoms with E-state index in [2.05, 4.69) is 91.4 Å². The van der Waals surface area contributed by atoms with E-state index in [0.29, 0.717) is 19.8 Å². The van der Waals surface area contributed by atoms with Crippen LogP contribution in [0.3, 0.4) is 0 Å². The van der Waals surface area contributed by atoms with Crippen LogP contribution in [0.1, 0.15) is 255 Å². The number of hydrogen-bond donors (Lipinski definition) is 2. The smallest absolute Gasteiger partial charge is 0.203 e. The van der Waals surface area contributed by atoms with Gasteiger partial charge in [0.2, 0.25) is 5.75 Å². The lowest BCUT2D eigenvalue weighted by atomic mass is 10.0. The largest absolute Gasteiger partial charge is 0.490 e. The molecule has 394 valence electrons. The fourth-order valence-electron chi connectivity index (χ4n) is 10.2. The molecule has 0 unspecified atom stereocenters. The van der Waals surface area contributed by atoms with E-state index in [1.807, 2.05) is 18.2 Å². The predicted octanol–water partition coefficient (Wildman–Crippen LogP) is 20.4. The van der Waals surface area contributed by atoms with Crippen molar-refractivity contribution in [2.24, 2.45) is 0 Å². The highest BCUT2D eigenvalue weighted by Gasteiger charge is 2.19. The summed E-state index contributed by atoms with van der Waals surface area (Å²) in [7, 11) is 0. The number of fused-ring (bicyclic) bond motifs is 8. The van der Waals surface area contributed by atoms with Crippen molar-refractivity contribution in [1.29, 1.82) is 0 Å². The second-order valence-corrected chi connectivity index (χ2v) is 21.0. The second kappa shape index (κ2) is 34.6. The molecule has 1 aromatic carbocycles. The van der Waals surface area contributed by atoms with Crippen LogP contribution in [-0.2, 0) is 0 Å². The van der Waals surface area contributed by atoms with Gasteiger partial charge in [0, 0.05) is 27.6 Å². The van der Waals surface area contributed by atoms with Gasteiger partial charge in [0.25, 0.3) is 0 Å². The fourth-order valence-corrected chi connectivity index (χ4v) is 10.2. The summed E-state index contributed by atoms with van der Waals surface area (Å²) in [6.07, 6.45) is 51.3. The monoisotopic (exact) mass is 981 g/mol. The summed E-state index contributed by atoms with van der Waals surface area (Å²) in [6.45, 7) is 8.85. The second-order valence-electron chi connectivity index (χ2n) is 21.0. The molecular weight excluding hydrogens is 885 g/mol. The minimum absolute atomic E-state index is 0.654. The number of hydrogen-bond acceptors (Lipinski definition) is 5. The van der Waals surface area contributed by atoms with E-state index in [9.17, 15) is 0 Å². The van der Waals surface area contributed by atoms with Crippen LogP contribution in [0.2, 0.25) is 0 Å². The predicted molar refractivity (Wildman–Crippen MR) is 310 cm³/mol. The molecule has 72 heavy (non-hydrogen) atoms. The van der Waals surface area contributed by atoms with Gasteiger partial charge in [-0.1, -0.05) is 213 Å². The molecule has 8 bridgehead atoms. The average Bonchev–Trinajstić information content (AvgIpc) is 4.22. The van der Waals surface area contributed by atoms with Gasteiger partial charge in [-0.15, -0.1) is 0 Å². The molecule has 5 heterocycles. The molecule has 2 aliphatic rings. The number of rotatable bonds is 40. The molecular formula is C65H96N4O3. The highest BCUT2D eigenvalue weighted by atomic mass is 16.5. The first-order valence-corrected chi connectivity index (χ1v) is 29.8. The molecule has 7 nitrogen and oxygen atoms in total. The Hall–Kier alpha value is -4.78. The molecule has 0 saturated heterocycles. The van der Waals surface area contributed by atoms with Gasteiger partial charge in [0.1, 0.15) is 0 Å². The zero-order valence-corrected chi connectivity index (χ0v) is 45.6. The SMILES string of the molecule is CCCCCCCCCCCCCOc1cc(-c2cc3cc4ccc(cc5nc(cc6nc(cc2[nH]3)C=C6)C=C5)[nH]4)cc(OCCCCCCCCCCCCC)c1OCCCCCCCCCCCCC. The lowest BCUT2D eigenvalue weighted by Gasteiger charge is -2.19. The number of H-pyrrole nitrogens is 2. The lowest BCUT2D eigenvalue weighted by Crippen LogP contribution is -2.06. The Bertz CT molecular complexity index is 2290. The van der Waals surface area contributed by atoms with Crippen LogP contribution >= 0.6 is 0 Å². The summed E-state index contributed by atoms with van der Waals surface area (Å²) in [5.74, 6) is 2.32. The summed E-state index contributed by atoms with van der Waals surface area (Å²) in [5, 5.41) is 0. The molecule has 0 saturated carbocycles. The average molecular weight is 982 g/mol. The Morgan fingerprint density at radius 3 is 1.12 bits per heavy atom. The topological polar surface area (TPSA) is 85.1 Å². The number of ether oxygens (including phenoxy) is 3. The summed E-state index contributed by atoms with van der Waals surface area (Å²) in [5.41, 5.74) is 9.67. The highest BCUT2D eigenvalue weighted by Crippen LogP contribution is 2.44. The van der Waals surface area contributed by atoms with E-state index in [4.69, 9.17) is 24.2 Å². The molecule has 0 amide bonds. The first-order chi connectivity index (χ1) is 35.6. The normalized spacial score (nSPS) is 12.0. The number of unbranched alkanes of at least 4 members (excludes halogenated alkanes) is 30. The van der Waals surface area contributed by atoms with Crippen molar-refractivity contribution in [2.45, 2.75) is 233 Å². The number of aromatic amines is 2. The van der Waals surface area contributed by atoms with Crippen molar-refractivity contribution in [2.75, 3.05) is 19.8 Å². The van der Waals surface area contributed by atoms with Crippen molar-refractivity contribution >= 4 is 46.4 Å². The molecule has 3 aromatic heterocycles. The van der Waals surface area contributed by atoms with Gasteiger partial charge >= 0.3 is 0 Å². The van der Waals surface area contributed by atoms with E-state index in [0.717, 1.165) is 92.5 Å². The third-order valence-corrected chi connectivity index (χ3v) is 14.5. The molecule has 0 spiro atoms. The van der Waals surface area contributed by atoms with Gasteiger partial charge in [-0.2, -0.15) is 0 Å². The molecule has 0 radical (unpaired) electrons. The molecule has 6 rings (SSSR count). The molecule has 0 atom stereocenters. The summed E-state index contributed by atoms with van der Waals surface area (Å²) in [6, 6.07) is 19.3. The van der Waals surface area contributed by atoms with E-state index >= 15 is 0 Å². The zero-order chi connectivity index (χ0) is 50.1. The molecule has 2 N–H and O–H groups in total. The maximum absolute atomic E-state index is 6.85. The number of benzene rings is 1. The Balaban J connectivity index is 1.22. The highest BCUT2D eigenvalue weighted by molar-refractivity contribution is 5.89. The van der Waals surface area contributed by atoms with Crippen LogP contribution in [0.5, 0.6) is 17.2 Å². The van der Waals surface area contributed by atoms with E-state index in [1.54, 1.807) is 0 Å². The maximum atomic E-state index is 6.85. The third kappa shape index (κ3) is 21.4. The summed E-state index contributed by atoms with van der Waals surface area (Å²) in [4.78, 5) is 17.2. The van der Waals surface area contributed by atoms with Crippen molar-refractivity contribution in [3.63, 3.8) is 0 Å². The molecule has 2 aliphatic heterocycles. The Morgan fingerprint density at radius 2 is 0.694 bits per heavy atom. The lowest BCUT2D eigenvalue weighted by molar-refractivity contribution is 0.234. The van der Waals surface area contributed by atoms with Crippen LogP contribution in [0.25, 0.3) is 57.5 Å². The Kier molecular flexibility index (Phi) is 27.2. The molecule has 0 fully saturated rings. The van der Waals surface area contributed by atoms with Crippen molar-refractivity contribution in [3.8, 4) is 28.4 Å². The maximum Gasteiger partial charge on any atom is 0.203 e. The zero-order valence-electron chi connectivity index (χ0n) is 45.6. The van der Waals surface area contributed by atoms with Crippen LogP contribution in [0, 0.1) is 0 Å². The summed E-state index contributed by atoms with van der Waals surface area (Å²) < 4.78 is 20.5. The minimum Gasteiger partial charge on any atom is -0.490 e. The van der Waals surface area contributed by atoms with Crippen LogP contribution in [0.4, 0.5) is 0 Å². The third-order valence-electron chi connectivity index (χ3n) is 14.5. The van der Waals surface area contributed by atoms with Gasteiger partial charge < -0.3 is 24.2 Å². The Morgan fingerprint density at radius 1 is 0.333 bits per heavy atom. The minimum atomic E-state index is 0.654. The fraction of sp³-hybridized carbons (Fsp3) is 0.600. The van der Waals surface area contributed by atoms with Crippen LogP contribution in [0.15, 0.2) is 54.6 Å². The van der Waals surface area contributed by atoms with Crippen molar-refractivity contribution < 1.29 is 14.2 Å². The van der Waals surface area contributed by atoms with Gasteiger partial charge in [-0.25, -0.2) is 9.97 Å². The number of aromatic nitrogens is 4. The van der Waals surface area contributed by atoms with Gasteiger partial charge in [0.05, 0.1) is 42.6 Å². The van der Waals surface area contributed by atoms with Crippen LogP contribution in [-0.4, -0.2) is 39.8 Å². The standard InChI is InChI=1S/C65H96N4O3/c1-4-7-10-13-16-19-22-25-28-31-34-43-70-63-46-53(61-51-60-50-58-40-39-56(67-58)48-54-37-38-55(66-54)49-57-41-42-59(68-57)52-62(61)69-60)47-64(71-44-35-32-29-26-23-20-17-14-11-8-5-2)65(63)72-45-36-33-30-27-24-21-18-15-12-9-6-3/h37-42,46-52,67,69H,4-36,43-45H2,1-3H3. The molecule has 7 heteroatoms. The summed E-state index contributed by atoms with van der Waals surface area (Å²) >= 11 is 0. The van der Waals surface area contributed by atoms with Crippen LogP contribution < -0.4 is 14.2 Å². The van der Waals surface area contributed by atoms with Crippen molar-refractivity contribution in [1.82, 2.24) is 19.9 Å². The van der Waals surface area contributed by atoms with E-state index in [-0.39, 0.29) is 0 Å². The number of nitrogens with one attached hydrogen (secondary N) is 2. The van der Waals surface area contributed by atoms with Gasteiger partial charge in [-0.05, 0) is 104 Å². The van der Waals surface area contributed by atoms with E-state index in [1.165, 1.54) is 193 Å². The van der Waals surface area contributed by atoms with Crippen molar-refractivity contribution in [3.05, 3.63) is 77.4 Å². The van der Waals surface area contributed by atoms with Gasteiger partial charge in [0.15, 0.2) is 11.5 Å².